The van der Waals surface area contributed by atoms with E-state index >= 15 is 0 Å². The van der Waals surface area contributed by atoms with Crippen LogP contribution in [0.5, 0.6) is 0 Å². The predicted octanol–water partition coefficient (Wildman–Crippen LogP) is 2.52. The summed E-state index contributed by atoms with van der Waals surface area (Å²) in [5, 5.41) is 5.81. The summed E-state index contributed by atoms with van der Waals surface area (Å²) in [4.78, 5) is 32.2. The third-order valence-corrected chi connectivity index (χ3v) is 4.04. The second kappa shape index (κ2) is 5.55. The van der Waals surface area contributed by atoms with E-state index in [0.717, 1.165) is 0 Å². The Labute approximate surface area is 135 Å². The molecule has 2 aromatic rings. The van der Waals surface area contributed by atoms with Crippen LogP contribution >= 0.6 is 23.2 Å². The molecule has 0 bridgehead atoms. The lowest BCUT2D eigenvalue weighted by atomic mass is 10.1. The smallest absolute Gasteiger partial charge is 0.272 e. The first-order valence-electron chi connectivity index (χ1n) is 6.35. The molecule has 0 saturated carbocycles. The highest BCUT2D eigenvalue weighted by Crippen LogP contribution is 2.40. The van der Waals surface area contributed by atoms with E-state index in [4.69, 9.17) is 23.2 Å². The van der Waals surface area contributed by atoms with Crippen molar-refractivity contribution in [2.45, 2.75) is 13.0 Å². The molecule has 2 amide bonds. The fraction of sp³-hybridized carbons (Fsp3) is 0.143. The number of nitrogens with one attached hydrogen (secondary N) is 2. The number of hydrogen-bond acceptors (Lipinski definition) is 4. The molecule has 2 N–H and O–H groups in total. The highest BCUT2D eigenvalue weighted by Gasteiger charge is 2.34. The molecule has 2 heterocycles. The van der Waals surface area contributed by atoms with E-state index in [0.29, 0.717) is 22.0 Å². The summed E-state index contributed by atoms with van der Waals surface area (Å²) in [5.41, 5.74) is 1.81. The Morgan fingerprint density at radius 3 is 2.73 bits per heavy atom. The number of carbonyl (C=O) groups excluding carboxylic acids is 2. The van der Waals surface area contributed by atoms with Crippen LogP contribution in [0.3, 0.4) is 0 Å². The van der Waals surface area contributed by atoms with Crippen molar-refractivity contribution in [2.75, 3.05) is 5.32 Å². The van der Waals surface area contributed by atoms with E-state index in [1.165, 1.54) is 12.4 Å². The molecule has 112 valence electrons. The van der Waals surface area contributed by atoms with Gasteiger partial charge in [-0.05, 0) is 13.0 Å². The standard InChI is InChI=1S/C14H10Cl2N4O2/c1-6-4-18-9(5-17-6)13(21)20-12-7-2-3-8(15)10(16)11(7)19-14(12)22/h2-5,12H,1H3,(H,19,22)(H,20,21). The number of aromatic nitrogens is 2. The Kier molecular flexibility index (Phi) is 3.72. The molecule has 0 radical (unpaired) electrons. The molecule has 1 unspecified atom stereocenters. The van der Waals surface area contributed by atoms with Crippen LogP contribution in [-0.2, 0) is 4.79 Å². The van der Waals surface area contributed by atoms with Crippen LogP contribution in [0.25, 0.3) is 0 Å². The fourth-order valence-electron chi connectivity index (χ4n) is 2.13. The van der Waals surface area contributed by atoms with E-state index in [-0.39, 0.29) is 16.6 Å². The maximum absolute atomic E-state index is 12.2. The maximum Gasteiger partial charge on any atom is 0.272 e. The number of anilines is 1. The van der Waals surface area contributed by atoms with Gasteiger partial charge in [0.05, 0.1) is 27.6 Å². The van der Waals surface area contributed by atoms with Crippen LogP contribution in [-0.4, -0.2) is 21.8 Å². The number of benzene rings is 1. The van der Waals surface area contributed by atoms with Gasteiger partial charge in [0.1, 0.15) is 11.7 Å². The second-order valence-electron chi connectivity index (χ2n) is 4.76. The number of fused-ring (bicyclic) bond motifs is 1. The molecule has 0 spiro atoms. The molecule has 22 heavy (non-hydrogen) atoms. The van der Waals surface area contributed by atoms with E-state index in [1.807, 2.05) is 0 Å². The zero-order chi connectivity index (χ0) is 15.9. The fourth-order valence-corrected chi connectivity index (χ4v) is 2.50. The zero-order valence-electron chi connectivity index (χ0n) is 11.4. The highest BCUT2D eigenvalue weighted by atomic mass is 35.5. The molecule has 1 atom stereocenters. The minimum Gasteiger partial charge on any atom is -0.335 e. The van der Waals surface area contributed by atoms with Crippen molar-refractivity contribution in [3.05, 3.63) is 51.5 Å². The maximum atomic E-state index is 12.2. The second-order valence-corrected chi connectivity index (χ2v) is 5.55. The predicted molar refractivity (Wildman–Crippen MR) is 82.1 cm³/mol. The Morgan fingerprint density at radius 2 is 2.05 bits per heavy atom. The topological polar surface area (TPSA) is 84.0 Å². The molecule has 3 rings (SSSR count). The Morgan fingerprint density at radius 1 is 1.27 bits per heavy atom. The number of aryl methyl sites for hydroxylation is 1. The van der Waals surface area contributed by atoms with Crippen molar-refractivity contribution in [3.8, 4) is 0 Å². The molecule has 0 fully saturated rings. The summed E-state index contributed by atoms with van der Waals surface area (Å²) in [6.45, 7) is 1.76. The summed E-state index contributed by atoms with van der Waals surface area (Å²) in [6.07, 6.45) is 2.83. The van der Waals surface area contributed by atoms with Crippen molar-refractivity contribution in [2.24, 2.45) is 0 Å². The van der Waals surface area contributed by atoms with Gasteiger partial charge in [-0.3, -0.25) is 14.6 Å². The van der Waals surface area contributed by atoms with E-state index in [9.17, 15) is 9.59 Å². The minimum absolute atomic E-state index is 0.131. The molecular formula is C14H10Cl2N4O2. The molecule has 0 saturated heterocycles. The van der Waals surface area contributed by atoms with Gasteiger partial charge in [-0.2, -0.15) is 0 Å². The molecule has 8 heteroatoms. The van der Waals surface area contributed by atoms with E-state index in [1.54, 1.807) is 19.1 Å². The van der Waals surface area contributed by atoms with Crippen molar-refractivity contribution in [1.82, 2.24) is 15.3 Å². The van der Waals surface area contributed by atoms with Gasteiger partial charge in [0.15, 0.2) is 0 Å². The van der Waals surface area contributed by atoms with Crippen molar-refractivity contribution in [1.29, 1.82) is 0 Å². The molecule has 1 aliphatic rings. The lowest BCUT2D eigenvalue weighted by molar-refractivity contribution is -0.117. The normalized spacial score (nSPS) is 16.1. The van der Waals surface area contributed by atoms with Crippen LogP contribution in [0, 0.1) is 6.92 Å². The first kappa shape index (κ1) is 14.7. The third kappa shape index (κ3) is 2.51. The van der Waals surface area contributed by atoms with E-state index in [2.05, 4.69) is 20.6 Å². The summed E-state index contributed by atoms with van der Waals surface area (Å²) in [6, 6.07) is 2.38. The van der Waals surface area contributed by atoms with Gasteiger partial charge in [0, 0.05) is 11.8 Å². The van der Waals surface area contributed by atoms with Gasteiger partial charge in [0.25, 0.3) is 11.8 Å². The van der Waals surface area contributed by atoms with Gasteiger partial charge in [-0.15, -0.1) is 0 Å². The SMILES string of the molecule is Cc1cnc(C(=O)NC2C(=O)Nc3c2ccc(Cl)c3Cl)cn1. The number of carbonyl (C=O) groups is 2. The lowest BCUT2D eigenvalue weighted by Crippen LogP contribution is -2.33. The highest BCUT2D eigenvalue weighted by molar-refractivity contribution is 6.44. The first-order chi connectivity index (χ1) is 10.5. The Bertz CT molecular complexity index is 777. The van der Waals surface area contributed by atoms with Gasteiger partial charge < -0.3 is 10.6 Å². The largest absolute Gasteiger partial charge is 0.335 e. The molecule has 1 aromatic heterocycles. The molecule has 6 nitrogen and oxygen atoms in total. The average molecular weight is 337 g/mol. The van der Waals surface area contributed by atoms with Gasteiger partial charge in [0.2, 0.25) is 0 Å². The number of halogens is 2. The van der Waals surface area contributed by atoms with Crippen LogP contribution in [0.4, 0.5) is 5.69 Å². The summed E-state index contributed by atoms with van der Waals surface area (Å²) >= 11 is 12.0. The van der Waals surface area contributed by atoms with Gasteiger partial charge >= 0.3 is 0 Å². The van der Waals surface area contributed by atoms with Crippen molar-refractivity contribution >= 4 is 40.7 Å². The number of hydrogen-bond donors (Lipinski definition) is 2. The number of amides is 2. The van der Waals surface area contributed by atoms with E-state index < -0.39 is 11.9 Å². The number of rotatable bonds is 2. The lowest BCUT2D eigenvalue weighted by Gasteiger charge is -2.11. The first-order valence-corrected chi connectivity index (χ1v) is 7.11. The minimum atomic E-state index is -0.847. The average Bonchev–Trinajstić information content (AvgIpc) is 2.81. The number of nitrogens with zero attached hydrogens (tertiary/aromatic N) is 2. The third-order valence-electron chi connectivity index (χ3n) is 3.24. The quantitative estimate of drug-likeness (QED) is 0.882. The van der Waals surface area contributed by atoms with Gasteiger partial charge in [-0.1, -0.05) is 29.3 Å². The molecule has 1 aliphatic heterocycles. The molecular weight excluding hydrogens is 327 g/mol. The molecule has 0 aliphatic carbocycles. The van der Waals surface area contributed by atoms with Crippen LogP contribution in [0.2, 0.25) is 10.0 Å². The van der Waals surface area contributed by atoms with Gasteiger partial charge in [-0.25, -0.2) is 4.98 Å². The Hall–Kier alpha value is -2.18. The Balaban J connectivity index is 1.88. The van der Waals surface area contributed by atoms with Crippen molar-refractivity contribution in [3.63, 3.8) is 0 Å². The van der Waals surface area contributed by atoms with Crippen molar-refractivity contribution < 1.29 is 9.59 Å². The van der Waals surface area contributed by atoms with Crippen LogP contribution in [0.1, 0.15) is 27.8 Å². The van der Waals surface area contributed by atoms with Crippen LogP contribution in [0.15, 0.2) is 24.5 Å². The monoisotopic (exact) mass is 336 g/mol. The van der Waals surface area contributed by atoms with Crippen LogP contribution < -0.4 is 10.6 Å². The summed E-state index contributed by atoms with van der Waals surface area (Å²) in [7, 11) is 0. The molecule has 1 aromatic carbocycles. The zero-order valence-corrected chi connectivity index (χ0v) is 12.9. The summed E-state index contributed by atoms with van der Waals surface area (Å²) in [5.74, 6) is -0.876. The summed E-state index contributed by atoms with van der Waals surface area (Å²) < 4.78 is 0.